The number of nitrogens with one attached hydrogen (secondary N) is 1. The number of fused-ring (bicyclic) bond motifs is 1. The highest BCUT2D eigenvalue weighted by Gasteiger charge is 2.52. The van der Waals surface area contributed by atoms with Crippen LogP contribution in [0.25, 0.3) is 0 Å². The second-order valence-electron chi connectivity index (χ2n) is 8.36. The fourth-order valence-corrected chi connectivity index (χ4v) is 4.92. The highest BCUT2D eigenvalue weighted by molar-refractivity contribution is 6.31. The molecule has 8 nitrogen and oxygen atoms in total. The van der Waals surface area contributed by atoms with Gasteiger partial charge in [-0.2, -0.15) is 0 Å². The summed E-state index contributed by atoms with van der Waals surface area (Å²) in [5.74, 6) is -2.35. The Hall–Kier alpha value is -3.10. The highest BCUT2D eigenvalue weighted by atomic mass is 35.5. The van der Waals surface area contributed by atoms with Gasteiger partial charge in [-0.1, -0.05) is 6.07 Å². The number of ether oxygens (including phenoxy) is 2. The van der Waals surface area contributed by atoms with Crippen molar-refractivity contribution in [3.8, 4) is 5.75 Å². The Morgan fingerprint density at radius 1 is 1.00 bits per heavy atom. The number of carbonyl (C=O) groups is 4. The molecular weight excluding hydrogens is 495 g/mol. The maximum Gasteiger partial charge on any atom is 0.338 e. The number of alkyl halides is 2. The van der Waals surface area contributed by atoms with E-state index in [9.17, 15) is 19.2 Å². The first kappa shape index (κ1) is 25.0. The number of amides is 3. The monoisotopic (exact) mass is 518 g/mol. The van der Waals surface area contributed by atoms with Crippen LogP contribution < -0.4 is 15.0 Å². The van der Waals surface area contributed by atoms with Gasteiger partial charge in [0.05, 0.1) is 40.4 Å². The molecule has 2 aromatic carbocycles. The first-order valence-corrected chi connectivity index (χ1v) is 12.1. The maximum atomic E-state index is 13.0. The number of imide groups is 1. The van der Waals surface area contributed by atoms with E-state index in [-0.39, 0.29) is 33.8 Å². The first-order valence-electron chi connectivity index (χ1n) is 11.2. The smallest absolute Gasteiger partial charge is 0.338 e. The summed E-state index contributed by atoms with van der Waals surface area (Å²) >= 11 is 12.4. The maximum absolute atomic E-state index is 13.0. The van der Waals surface area contributed by atoms with Crippen LogP contribution in [0.15, 0.2) is 48.5 Å². The lowest BCUT2D eigenvalue weighted by Crippen LogP contribution is -2.34. The van der Waals surface area contributed by atoms with Gasteiger partial charge in [0, 0.05) is 5.69 Å². The van der Waals surface area contributed by atoms with Crippen molar-refractivity contribution in [2.45, 2.75) is 30.5 Å². The van der Waals surface area contributed by atoms with E-state index >= 15 is 0 Å². The van der Waals surface area contributed by atoms with Gasteiger partial charge in [-0.05, 0) is 62.2 Å². The summed E-state index contributed by atoms with van der Waals surface area (Å²) in [4.78, 5) is 51.7. The first-order chi connectivity index (χ1) is 16.8. The number of benzene rings is 2. The topological polar surface area (TPSA) is 102 Å². The van der Waals surface area contributed by atoms with Crippen molar-refractivity contribution in [3.05, 3.63) is 54.1 Å². The van der Waals surface area contributed by atoms with Gasteiger partial charge in [0.1, 0.15) is 5.75 Å². The molecule has 3 amide bonds. The molecule has 2 aliphatic rings. The van der Waals surface area contributed by atoms with Crippen LogP contribution in [0, 0.1) is 11.8 Å². The van der Waals surface area contributed by atoms with Crippen LogP contribution in [-0.2, 0) is 19.1 Å². The van der Waals surface area contributed by atoms with Crippen LogP contribution in [0.2, 0.25) is 0 Å². The standard InChI is InChI=1S/C25H24Cl2N2O6/c1-2-34-17-8-6-15(7-9-17)28-22(30)13-35-25(33)14-4-3-5-16(10-14)29-23(31)18-11-20(26)21(27)12-19(18)24(29)32/h3-10,18-21H,2,11-13H2,1H3,(H,28,30)/t18-,19-,20+,21+/m1/s1. The Labute approximate surface area is 212 Å². The minimum atomic E-state index is -0.758. The third kappa shape index (κ3) is 5.44. The molecule has 0 spiro atoms. The van der Waals surface area contributed by atoms with Crippen LogP contribution >= 0.6 is 23.2 Å². The molecule has 184 valence electrons. The SMILES string of the molecule is CCOc1ccc(NC(=O)COC(=O)c2cccc(N3C(=O)[C@@H]4C[C@H](Cl)[C@@H](Cl)C[C@H]4C3=O)c2)cc1. The Morgan fingerprint density at radius 2 is 1.63 bits per heavy atom. The van der Waals surface area contributed by atoms with Gasteiger partial charge in [-0.25, -0.2) is 4.79 Å². The Balaban J connectivity index is 1.38. The molecule has 10 heteroatoms. The van der Waals surface area contributed by atoms with Crippen molar-refractivity contribution in [1.29, 1.82) is 0 Å². The van der Waals surface area contributed by atoms with E-state index in [0.717, 1.165) is 4.90 Å². The predicted molar refractivity (Wildman–Crippen MR) is 131 cm³/mol. The fourth-order valence-electron chi connectivity index (χ4n) is 4.33. The van der Waals surface area contributed by atoms with Crippen LogP contribution in [0.3, 0.4) is 0 Å². The van der Waals surface area contributed by atoms with E-state index in [2.05, 4.69) is 5.32 Å². The molecule has 1 saturated carbocycles. The van der Waals surface area contributed by atoms with Crippen LogP contribution in [0.1, 0.15) is 30.1 Å². The van der Waals surface area contributed by atoms with Crippen molar-refractivity contribution in [1.82, 2.24) is 0 Å². The zero-order valence-electron chi connectivity index (χ0n) is 18.9. The molecule has 35 heavy (non-hydrogen) atoms. The molecule has 4 atom stereocenters. The summed E-state index contributed by atoms with van der Waals surface area (Å²) < 4.78 is 10.5. The second-order valence-corrected chi connectivity index (χ2v) is 9.48. The van der Waals surface area contributed by atoms with Crippen molar-refractivity contribution >= 4 is 58.3 Å². The molecule has 4 rings (SSSR count). The van der Waals surface area contributed by atoms with Gasteiger partial charge in [0.25, 0.3) is 5.91 Å². The van der Waals surface area contributed by atoms with Gasteiger partial charge in [-0.3, -0.25) is 19.3 Å². The summed E-state index contributed by atoms with van der Waals surface area (Å²) in [6, 6.07) is 12.8. The minimum Gasteiger partial charge on any atom is -0.494 e. The summed E-state index contributed by atoms with van der Waals surface area (Å²) in [7, 11) is 0. The zero-order valence-corrected chi connectivity index (χ0v) is 20.4. The average Bonchev–Trinajstić information content (AvgIpc) is 3.08. The lowest BCUT2D eigenvalue weighted by molar-refractivity contribution is -0.122. The van der Waals surface area contributed by atoms with E-state index in [1.165, 1.54) is 12.1 Å². The van der Waals surface area contributed by atoms with Gasteiger partial charge < -0.3 is 14.8 Å². The summed E-state index contributed by atoms with van der Waals surface area (Å²) in [5.41, 5.74) is 0.902. The van der Waals surface area contributed by atoms with Gasteiger partial charge >= 0.3 is 5.97 Å². The van der Waals surface area contributed by atoms with E-state index in [1.54, 1.807) is 36.4 Å². The molecule has 0 unspecified atom stereocenters. The minimum absolute atomic E-state index is 0.109. The number of anilines is 2. The lowest BCUT2D eigenvalue weighted by Gasteiger charge is -2.28. The van der Waals surface area contributed by atoms with E-state index in [0.29, 0.717) is 30.9 Å². The number of hydrogen-bond donors (Lipinski definition) is 1. The molecule has 0 bridgehead atoms. The number of esters is 1. The van der Waals surface area contributed by atoms with Gasteiger partial charge in [-0.15, -0.1) is 23.2 Å². The summed E-state index contributed by atoms with van der Waals surface area (Å²) in [6.45, 7) is 1.90. The number of carbonyl (C=O) groups excluding carboxylic acids is 4. The normalized spacial score (nSPS) is 23.6. The number of rotatable bonds is 7. The quantitative estimate of drug-likeness (QED) is 0.337. The molecule has 1 aliphatic heterocycles. The second kappa shape index (κ2) is 10.7. The number of hydrogen-bond acceptors (Lipinski definition) is 6. The molecular formula is C25H24Cl2N2O6. The molecule has 1 aliphatic carbocycles. The lowest BCUT2D eigenvalue weighted by atomic mass is 9.80. The van der Waals surface area contributed by atoms with E-state index < -0.39 is 30.3 Å². The third-order valence-electron chi connectivity index (χ3n) is 6.04. The molecule has 0 aromatic heterocycles. The highest BCUT2D eigenvalue weighted by Crippen LogP contribution is 2.43. The zero-order chi connectivity index (χ0) is 25.1. The number of halogens is 2. The van der Waals surface area contributed by atoms with Crippen LogP contribution in [0.4, 0.5) is 11.4 Å². The predicted octanol–water partition coefficient (Wildman–Crippen LogP) is 4.00. The Kier molecular flexibility index (Phi) is 7.62. The van der Waals surface area contributed by atoms with Gasteiger partial charge in [0.15, 0.2) is 6.61 Å². The largest absolute Gasteiger partial charge is 0.494 e. The Morgan fingerprint density at radius 3 is 2.23 bits per heavy atom. The Bertz CT molecular complexity index is 1110. The molecule has 1 heterocycles. The van der Waals surface area contributed by atoms with Crippen molar-refractivity contribution < 1.29 is 28.7 Å². The van der Waals surface area contributed by atoms with Crippen molar-refractivity contribution in [2.24, 2.45) is 11.8 Å². The third-order valence-corrected chi connectivity index (χ3v) is 7.13. The van der Waals surface area contributed by atoms with E-state index in [4.69, 9.17) is 32.7 Å². The molecule has 1 saturated heterocycles. The number of nitrogens with zero attached hydrogens (tertiary/aromatic N) is 1. The van der Waals surface area contributed by atoms with Crippen LogP contribution in [0.5, 0.6) is 5.75 Å². The summed E-state index contributed by atoms with van der Waals surface area (Å²) in [5, 5.41) is 1.86. The van der Waals surface area contributed by atoms with Crippen molar-refractivity contribution in [2.75, 3.05) is 23.4 Å². The fraction of sp³-hybridized carbons (Fsp3) is 0.360. The molecule has 2 fully saturated rings. The summed E-state index contributed by atoms with van der Waals surface area (Å²) in [6.07, 6.45) is 0.652. The van der Waals surface area contributed by atoms with Gasteiger partial charge in [0.2, 0.25) is 11.8 Å². The van der Waals surface area contributed by atoms with E-state index in [1.807, 2.05) is 6.92 Å². The van der Waals surface area contributed by atoms with Crippen molar-refractivity contribution in [3.63, 3.8) is 0 Å². The van der Waals surface area contributed by atoms with Crippen LogP contribution in [-0.4, -0.2) is 47.7 Å². The molecule has 1 N–H and O–H groups in total. The molecule has 0 radical (unpaired) electrons. The average molecular weight is 519 g/mol. The molecule has 2 aromatic rings.